The highest BCUT2D eigenvalue weighted by atomic mass is 16.5. The topological polar surface area (TPSA) is 50.7 Å². The minimum absolute atomic E-state index is 0.825. The van der Waals surface area contributed by atoms with Gasteiger partial charge in [-0.25, -0.2) is 9.97 Å². The summed E-state index contributed by atoms with van der Waals surface area (Å²) in [4.78, 5) is 15.0. The van der Waals surface area contributed by atoms with E-state index in [4.69, 9.17) is 19.4 Å². The summed E-state index contributed by atoms with van der Waals surface area (Å²) in [7, 11) is 0. The van der Waals surface area contributed by atoms with Crippen molar-refractivity contribution in [2.24, 2.45) is 0 Å². The zero-order chi connectivity index (χ0) is 33.9. The van der Waals surface area contributed by atoms with Gasteiger partial charge in [-0.1, -0.05) is 78.9 Å². The quantitative estimate of drug-likeness (QED) is 0.188. The molecule has 10 rings (SSSR count). The van der Waals surface area contributed by atoms with Crippen molar-refractivity contribution in [3.05, 3.63) is 169 Å². The fraction of sp³-hybridized carbons (Fsp3) is 0.0222. The van der Waals surface area contributed by atoms with E-state index in [0.717, 1.165) is 96.2 Å². The lowest BCUT2D eigenvalue weighted by Gasteiger charge is -2.32. The van der Waals surface area contributed by atoms with Crippen LogP contribution in [0, 0.1) is 6.92 Å². The number of ether oxygens (including phenoxy) is 2. The summed E-state index contributed by atoms with van der Waals surface area (Å²) in [6.07, 6.45) is 0. The number of aromatic nitrogens is 2. The highest BCUT2D eigenvalue weighted by Crippen LogP contribution is 2.52. The van der Waals surface area contributed by atoms with Gasteiger partial charge in [0.1, 0.15) is 0 Å². The Kier molecular flexibility index (Phi) is 6.61. The van der Waals surface area contributed by atoms with Gasteiger partial charge in [0.25, 0.3) is 0 Å². The second-order valence-electron chi connectivity index (χ2n) is 12.8. The van der Waals surface area contributed by atoms with Crippen LogP contribution in [-0.2, 0) is 0 Å². The predicted octanol–water partition coefficient (Wildman–Crippen LogP) is 12.4. The normalized spacial score (nSPS) is 12.6. The lowest BCUT2D eigenvalue weighted by atomic mass is 10.0. The molecule has 1 aromatic heterocycles. The van der Waals surface area contributed by atoms with Gasteiger partial charge in [-0.05, 0) is 97.4 Å². The number of aryl methyl sites for hydroxylation is 1. The molecular formula is C45H30N4O2. The monoisotopic (exact) mass is 658 g/mol. The number of benzene rings is 7. The molecule has 8 aromatic rings. The van der Waals surface area contributed by atoms with Crippen LogP contribution in [0.5, 0.6) is 23.0 Å². The number of rotatable bonds is 4. The molecule has 2 aliphatic rings. The summed E-state index contributed by atoms with van der Waals surface area (Å²) >= 11 is 0. The smallest absolute Gasteiger partial charge is 0.151 e. The zero-order valence-electron chi connectivity index (χ0n) is 27.7. The van der Waals surface area contributed by atoms with Crippen molar-refractivity contribution in [3.63, 3.8) is 0 Å². The van der Waals surface area contributed by atoms with E-state index in [0.29, 0.717) is 0 Å². The summed E-state index contributed by atoms with van der Waals surface area (Å²) in [5.74, 6) is 3.30. The maximum atomic E-state index is 6.25. The maximum absolute atomic E-state index is 6.25. The Bertz CT molecular complexity index is 2530. The van der Waals surface area contributed by atoms with Crippen LogP contribution >= 0.6 is 0 Å². The zero-order valence-corrected chi connectivity index (χ0v) is 27.7. The highest BCUT2D eigenvalue weighted by Gasteiger charge is 2.27. The first-order chi connectivity index (χ1) is 25.2. The molecule has 0 radical (unpaired) electrons. The molecule has 0 bridgehead atoms. The van der Waals surface area contributed by atoms with Crippen LogP contribution in [0.3, 0.4) is 0 Å². The van der Waals surface area contributed by atoms with Crippen molar-refractivity contribution in [1.82, 2.24) is 9.97 Å². The average Bonchev–Trinajstić information content (AvgIpc) is 3.18. The molecule has 2 aliphatic heterocycles. The van der Waals surface area contributed by atoms with Crippen LogP contribution in [0.4, 0.5) is 34.1 Å². The fourth-order valence-electron chi connectivity index (χ4n) is 7.07. The van der Waals surface area contributed by atoms with E-state index in [-0.39, 0.29) is 0 Å². The summed E-state index contributed by atoms with van der Waals surface area (Å²) < 4.78 is 12.5. The van der Waals surface area contributed by atoms with Crippen molar-refractivity contribution < 1.29 is 9.47 Å². The van der Waals surface area contributed by atoms with E-state index < -0.39 is 0 Å². The largest absolute Gasteiger partial charge is 0.453 e. The number of anilines is 6. The van der Waals surface area contributed by atoms with Gasteiger partial charge >= 0.3 is 0 Å². The van der Waals surface area contributed by atoms with E-state index in [1.165, 1.54) is 0 Å². The summed E-state index contributed by atoms with van der Waals surface area (Å²) in [5, 5.41) is 0. The van der Waals surface area contributed by atoms with E-state index in [1.54, 1.807) is 0 Å². The molecule has 242 valence electrons. The minimum atomic E-state index is 0.825. The predicted molar refractivity (Wildman–Crippen MR) is 205 cm³/mol. The fourth-order valence-corrected chi connectivity index (χ4v) is 7.07. The summed E-state index contributed by atoms with van der Waals surface area (Å²) in [6.45, 7) is 2.09. The Morgan fingerprint density at radius 3 is 1.18 bits per heavy atom. The van der Waals surface area contributed by atoms with Gasteiger partial charge < -0.3 is 19.3 Å². The first-order valence-corrected chi connectivity index (χ1v) is 17.0. The Hall–Kier alpha value is -6.92. The first-order valence-electron chi connectivity index (χ1n) is 17.0. The van der Waals surface area contributed by atoms with Crippen LogP contribution in [0.1, 0.15) is 5.56 Å². The van der Waals surface area contributed by atoms with Crippen molar-refractivity contribution in [2.75, 3.05) is 9.80 Å². The summed E-state index contributed by atoms with van der Waals surface area (Å²) in [5.41, 5.74) is 12.5. The van der Waals surface area contributed by atoms with E-state index in [2.05, 4.69) is 108 Å². The van der Waals surface area contributed by atoms with Crippen LogP contribution in [0.2, 0.25) is 0 Å². The van der Waals surface area contributed by atoms with Gasteiger partial charge in [0.15, 0.2) is 23.0 Å². The molecule has 0 unspecified atom stereocenters. The Morgan fingerprint density at radius 1 is 0.392 bits per heavy atom. The van der Waals surface area contributed by atoms with Crippen LogP contribution in [-0.4, -0.2) is 9.97 Å². The molecule has 0 saturated heterocycles. The maximum Gasteiger partial charge on any atom is 0.151 e. The van der Waals surface area contributed by atoms with Crippen molar-refractivity contribution in [2.45, 2.75) is 6.92 Å². The van der Waals surface area contributed by atoms with Crippen molar-refractivity contribution >= 4 is 45.2 Å². The Morgan fingerprint density at radius 2 is 0.765 bits per heavy atom. The molecule has 6 nitrogen and oxygen atoms in total. The van der Waals surface area contributed by atoms with Gasteiger partial charge in [0.05, 0.1) is 45.2 Å². The molecule has 0 N–H and O–H groups in total. The first kappa shape index (κ1) is 29.0. The Labute approximate surface area is 295 Å². The molecule has 0 atom stereocenters. The van der Waals surface area contributed by atoms with Crippen LogP contribution < -0.4 is 19.3 Å². The SMILES string of the molecule is Cc1ccc2nc(-c3ccc(N4c5ccccc5Oc5ccccc54)cc3)c(-c3ccc(N4c5ccccc5Oc5ccccc54)cc3)nc2c1. The van der Waals surface area contributed by atoms with E-state index >= 15 is 0 Å². The molecule has 0 aliphatic carbocycles. The number of hydrogen-bond acceptors (Lipinski definition) is 6. The molecular weight excluding hydrogens is 629 g/mol. The Balaban J connectivity index is 1.07. The lowest BCUT2D eigenvalue weighted by molar-refractivity contribution is 0.477. The molecule has 0 fully saturated rings. The number of fused-ring (bicyclic) bond motifs is 5. The van der Waals surface area contributed by atoms with Gasteiger partial charge in [0.2, 0.25) is 0 Å². The standard InChI is InChI=1S/C45H30N4O2/c1-29-18-27-34-35(28-29)47-45(31-21-25-33(26-22-31)49-38-12-4-8-16-42(38)51-43-17-9-5-13-39(43)49)44(46-34)30-19-23-32(24-20-30)48-36-10-2-6-14-40(36)50-41-15-7-3-11-37(41)48/h2-28H,1H3. The molecule has 0 saturated carbocycles. The second kappa shape index (κ2) is 11.6. The number of nitrogens with zero attached hydrogens (tertiary/aromatic N) is 4. The van der Waals surface area contributed by atoms with Gasteiger partial charge in [0, 0.05) is 22.5 Å². The second-order valence-corrected chi connectivity index (χ2v) is 12.8. The third-order valence-corrected chi connectivity index (χ3v) is 9.48. The van der Waals surface area contributed by atoms with Crippen molar-refractivity contribution in [1.29, 1.82) is 0 Å². The van der Waals surface area contributed by atoms with E-state index in [9.17, 15) is 0 Å². The molecule has 7 aromatic carbocycles. The highest BCUT2D eigenvalue weighted by molar-refractivity contribution is 5.91. The molecule has 51 heavy (non-hydrogen) atoms. The van der Waals surface area contributed by atoms with Gasteiger partial charge in [-0.2, -0.15) is 0 Å². The molecule has 6 heteroatoms. The summed E-state index contributed by atoms with van der Waals surface area (Å²) in [6, 6.07) is 55.9. The molecule has 0 spiro atoms. The number of para-hydroxylation sites is 8. The van der Waals surface area contributed by atoms with Crippen LogP contribution in [0.25, 0.3) is 33.5 Å². The third kappa shape index (κ3) is 4.88. The van der Waals surface area contributed by atoms with E-state index in [1.807, 2.05) is 72.8 Å². The van der Waals surface area contributed by atoms with Crippen LogP contribution in [0.15, 0.2) is 164 Å². The average molecular weight is 659 g/mol. The van der Waals surface area contributed by atoms with Gasteiger partial charge in [-0.15, -0.1) is 0 Å². The lowest BCUT2D eigenvalue weighted by Crippen LogP contribution is -2.15. The molecule has 0 amide bonds. The minimum Gasteiger partial charge on any atom is -0.453 e. The third-order valence-electron chi connectivity index (χ3n) is 9.48. The molecule has 3 heterocycles. The van der Waals surface area contributed by atoms with Gasteiger partial charge in [-0.3, -0.25) is 0 Å². The number of hydrogen-bond donors (Lipinski definition) is 0. The van der Waals surface area contributed by atoms with Crippen molar-refractivity contribution in [3.8, 4) is 45.5 Å².